The van der Waals surface area contributed by atoms with Gasteiger partial charge in [-0.25, -0.2) is 9.97 Å². The van der Waals surface area contributed by atoms with Gasteiger partial charge in [-0.1, -0.05) is 67.6 Å². The van der Waals surface area contributed by atoms with E-state index in [0.29, 0.717) is 23.3 Å². The number of aromatic nitrogens is 2. The molecule has 142 valence electrons. The van der Waals surface area contributed by atoms with E-state index in [0.717, 1.165) is 35.1 Å². The standard InChI is InChI=1S/C21H21N5OS/c1-2-3-13-26-18(27)14-28-21(26)25-24-20-19(15-9-5-4-6-10-15)22-16-11-7-8-12-17(16)23-20/h4-12H,2-3,13-14H2,1H3,(H,23,24)/b25-21+. The highest BCUT2D eigenvalue weighted by molar-refractivity contribution is 8.15. The monoisotopic (exact) mass is 391 g/mol. The number of para-hydroxylation sites is 2. The summed E-state index contributed by atoms with van der Waals surface area (Å²) in [4.78, 5) is 23.4. The van der Waals surface area contributed by atoms with Crippen LogP contribution in [0.15, 0.2) is 59.7 Å². The minimum Gasteiger partial charge on any atom is -0.289 e. The van der Waals surface area contributed by atoms with Crippen molar-refractivity contribution in [2.45, 2.75) is 19.8 Å². The Morgan fingerprint density at radius 3 is 2.54 bits per heavy atom. The Bertz CT molecular complexity index is 1020. The van der Waals surface area contributed by atoms with Gasteiger partial charge in [0.15, 0.2) is 11.0 Å². The number of amides is 1. The van der Waals surface area contributed by atoms with E-state index < -0.39 is 0 Å². The smallest absolute Gasteiger partial charge is 0.239 e. The van der Waals surface area contributed by atoms with Crippen molar-refractivity contribution >= 4 is 39.7 Å². The quantitative estimate of drug-likeness (QED) is 0.633. The summed E-state index contributed by atoms with van der Waals surface area (Å²) in [7, 11) is 0. The molecule has 0 unspecified atom stereocenters. The fourth-order valence-electron chi connectivity index (χ4n) is 2.99. The van der Waals surface area contributed by atoms with Crippen molar-refractivity contribution in [3.8, 4) is 11.3 Å². The number of hydrogen-bond donors (Lipinski definition) is 1. The number of rotatable bonds is 6. The third kappa shape index (κ3) is 3.84. The number of fused-ring (bicyclic) bond motifs is 1. The van der Waals surface area contributed by atoms with Crippen molar-refractivity contribution < 1.29 is 4.79 Å². The van der Waals surface area contributed by atoms with Crippen LogP contribution >= 0.6 is 11.8 Å². The van der Waals surface area contributed by atoms with Gasteiger partial charge in [0.1, 0.15) is 5.69 Å². The summed E-state index contributed by atoms with van der Waals surface area (Å²) in [5, 5.41) is 5.19. The van der Waals surface area contributed by atoms with E-state index in [4.69, 9.17) is 9.97 Å². The minimum absolute atomic E-state index is 0.104. The summed E-state index contributed by atoms with van der Waals surface area (Å²) < 4.78 is 0. The van der Waals surface area contributed by atoms with Crippen LogP contribution in [0.1, 0.15) is 19.8 Å². The molecule has 2 heterocycles. The van der Waals surface area contributed by atoms with Crippen LogP contribution in [0.4, 0.5) is 5.82 Å². The van der Waals surface area contributed by atoms with Crippen molar-refractivity contribution in [2.24, 2.45) is 5.10 Å². The molecule has 1 amide bonds. The lowest BCUT2D eigenvalue weighted by molar-refractivity contribution is -0.124. The van der Waals surface area contributed by atoms with Gasteiger partial charge in [-0.05, 0) is 18.6 Å². The zero-order valence-corrected chi connectivity index (χ0v) is 16.4. The Hall–Kier alpha value is -2.93. The summed E-state index contributed by atoms with van der Waals surface area (Å²) in [6.45, 7) is 2.80. The second-order valence-corrected chi connectivity index (χ2v) is 7.41. The molecule has 0 spiro atoms. The van der Waals surface area contributed by atoms with Crippen molar-refractivity contribution in [1.29, 1.82) is 0 Å². The maximum Gasteiger partial charge on any atom is 0.239 e. The van der Waals surface area contributed by atoms with Crippen LogP contribution in [-0.4, -0.2) is 38.2 Å². The molecule has 3 aromatic rings. The summed E-state index contributed by atoms with van der Waals surface area (Å²) >= 11 is 1.45. The van der Waals surface area contributed by atoms with E-state index in [1.807, 2.05) is 54.6 Å². The SMILES string of the molecule is CCCCN1C(=O)CS/C1=N/Nc1nc2ccccc2nc1-c1ccccc1. The maximum absolute atomic E-state index is 12.1. The molecule has 4 rings (SSSR count). The number of carbonyl (C=O) groups is 1. The molecule has 0 bridgehead atoms. The van der Waals surface area contributed by atoms with Gasteiger partial charge in [0, 0.05) is 12.1 Å². The lowest BCUT2D eigenvalue weighted by atomic mass is 10.1. The largest absolute Gasteiger partial charge is 0.289 e. The molecule has 0 radical (unpaired) electrons. The molecule has 1 fully saturated rings. The molecule has 1 aliphatic heterocycles. The lowest BCUT2D eigenvalue weighted by Crippen LogP contribution is -2.31. The zero-order valence-electron chi connectivity index (χ0n) is 15.6. The van der Waals surface area contributed by atoms with E-state index >= 15 is 0 Å². The first-order chi connectivity index (χ1) is 13.8. The Morgan fingerprint density at radius 1 is 1.07 bits per heavy atom. The average Bonchev–Trinajstić information content (AvgIpc) is 3.10. The second-order valence-electron chi connectivity index (χ2n) is 6.47. The molecule has 2 aromatic carbocycles. The number of hydrazone groups is 1. The number of thioether (sulfide) groups is 1. The van der Waals surface area contributed by atoms with Crippen LogP contribution in [0.3, 0.4) is 0 Å². The van der Waals surface area contributed by atoms with E-state index in [-0.39, 0.29) is 5.91 Å². The topological polar surface area (TPSA) is 70.5 Å². The van der Waals surface area contributed by atoms with Gasteiger partial charge in [0.25, 0.3) is 0 Å². The van der Waals surface area contributed by atoms with E-state index in [2.05, 4.69) is 17.5 Å². The highest BCUT2D eigenvalue weighted by Crippen LogP contribution is 2.28. The number of anilines is 1. The number of nitrogens with one attached hydrogen (secondary N) is 1. The van der Waals surface area contributed by atoms with Gasteiger partial charge < -0.3 is 0 Å². The van der Waals surface area contributed by atoms with Gasteiger partial charge >= 0.3 is 0 Å². The summed E-state index contributed by atoms with van der Waals surface area (Å²) in [6, 6.07) is 17.7. The van der Waals surface area contributed by atoms with Gasteiger partial charge in [0.2, 0.25) is 5.91 Å². The molecule has 0 saturated carbocycles. The number of unbranched alkanes of at least 4 members (excludes halogenated alkanes) is 1. The molecule has 7 heteroatoms. The van der Waals surface area contributed by atoms with Crippen molar-refractivity contribution in [2.75, 3.05) is 17.7 Å². The van der Waals surface area contributed by atoms with Crippen molar-refractivity contribution in [3.63, 3.8) is 0 Å². The van der Waals surface area contributed by atoms with Crippen molar-refractivity contribution in [3.05, 3.63) is 54.6 Å². The Morgan fingerprint density at radius 2 is 1.79 bits per heavy atom. The van der Waals surface area contributed by atoms with Crippen LogP contribution in [0.25, 0.3) is 22.3 Å². The number of carbonyl (C=O) groups excluding carboxylic acids is 1. The van der Waals surface area contributed by atoms with Gasteiger partial charge in [-0.2, -0.15) is 0 Å². The minimum atomic E-state index is 0.104. The predicted molar refractivity (Wildman–Crippen MR) is 115 cm³/mol. The average molecular weight is 392 g/mol. The molecule has 1 N–H and O–H groups in total. The van der Waals surface area contributed by atoms with Gasteiger partial charge in [0.05, 0.1) is 16.8 Å². The van der Waals surface area contributed by atoms with Crippen LogP contribution in [-0.2, 0) is 4.79 Å². The third-order valence-corrected chi connectivity index (χ3v) is 5.43. The Kier molecular flexibility index (Phi) is 5.53. The number of benzene rings is 2. The van der Waals surface area contributed by atoms with Gasteiger partial charge in [-0.3, -0.25) is 15.1 Å². The first-order valence-electron chi connectivity index (χ1n) is 9.35. The first kappa shape index (κ1) is 18.4. The summed E-state index contributed by atoms with van der Waals surface area (Å²) in [5.74, 6) is 1.11. The van der Waals surface area contributed by atoms with Crippen LogP contribution < -0.4 is 5.43 Å². The fraction of sp³-hybridized carbons (Fsp3) is 0.238. The Labute approximate surface area is 168 Å². The third-order valence-electron chi connectivity index (χ3n) is 4.47. The predicted octanol–water partition coefficient (Wildman–Crippen LogP) is 4.36. The summed E-state index contributed by atoms with van der Waals surface area (Å²) in [5.41, 5.74) is 6.39. The van der Waals surface area contributed by atoms with Crippen molar-refractivity contribution in [1.82, 2.24) is 14.9 Å². The first-order valence-corrected chi connectivity index (χ1v) is 10.3. The second kappa shape index (κ2) is 8.39. The molecule has 1 aromatic heterocycles. The Balaban J connectivity index is 1.70. The highest BCUT2D eigenvalue weighted by Gasteiger charge is 2.27. The lowest BCUT2D eigenvalue weighted by Gasteiger charge is -2.15. The van der Waals surface area contributed by atoms with E-state index in [1.54, 1.807) is 4.90 Å². The fourth-order valence-corrected chi connectivity index (χ4v) is 3.86. The normalized spacial score (nSPS) is 15.5. The summed E-state index contributed by atoms with van der Waals surface area (Å²) in [6.07, 6.45) is 1.99. The molecular weight excluding hydrogens is 370 g/mol. The maximum atomic E-state index is 12.1. The number of amidine groups is 1. The van der Waals surface area contributed by atoms with Crippen LogP contribution in [0.2, 0.25) is 0 Å². The van der Waals surface area contributed by atoms with Gasteiger partial charge in [-0.15, -0.1) is 5.10 Å². The molecular formula is C21H21N5OS. The highest BCUT2D eigenvalue weighted by atomic mass is 32.2. The van der Waals surface area contributed by atoms with E-state index in [9.17, 15) is 4.79 Å². The molecule has 28 heavy (non-hydrogen) atoms. The van der Waals surface area contributed by atoms with E-state index in [1.165, 1.54) is 11.8 Å². The van der Waals surface area contributed by atoms with Crippen LogP contribution in [0, 0.1) is 0 Å². The molecule has 1 aliphatic rings. The zero-order chi connectivity index (χ0) is 19.3. The molecule has 1 saturated heterocycles. The molecule has 0 aliphatic carbocycles. The number of hydrogen-bond acceptors (Lipinski definition) is 6. The molecule has 6 nitrogen and oxygen atoms in total. The van der Waals surface area contributed by atoms with Crippen LogP contribution in [0.5, 0.6) is 0 Å². The molecule has 0 atom stereocenters. The number of nitrogens with zero attached hydrogens (tertiary/aromatic N) is 4.